The lowest BCUT2D eigenvalue weighted by Gasteiger charge is -2.58. The summed E-state index contributed by atoms with van der Waals surface area (Å²) in [5.41, 5.74) is -0.297. The van der Waals surface area contributed by atoms with E-state index in [2.05, 4.69) is 54.6 Å². The lowest BCUT2D eigenvalue weighted by atomic mass is 9.47. The van der Waals surface area contributed by atoms with Crippen molar-refractivity contribution in [1.82, 2.24) is 0 Å². The summed E-state index contributed by atoms with van der Waals surface area (Å²) in [6.07, 6.45) is 5.95. The summed E-state index contributed by atoms with van der Waals surface area (Å²) < 4.78 is 7.00. The molecule has 0 aliphatic heterocycles. The van der Waals surface area contributed by atoms with Gasteiger partial charge in [0.15, 0.2) is 8.32 Å². The molecule has 0 unspecified atom stereocenters. The first kappa shape index (κ1) is 24.0. The molecule has 0 aromatic carbocycles. The lowest BCUT2D eigenvalue weighted by Crippen LogP contribution is -2.57. The molecule has 172 valence electrons. The fourth-order valence-electron chi connectivity index (χ4n) is 6.97. The largest absolute Gasteiger partial charge is 0.481 e. The summed E-state index contributed by atoms with van der Waals surface area (Å²) in [7, 11) is -1.84. The Morgan fingerprint density at radius 3 is 2.37 bits per heavy atom. The van der Waals surface area contributed by atoms with Crippen LogP contribution in [0.25, 0.3) is 0 Å². The van der Waals surface area contributed by atoms with Crippen molar-refractivity contribution in [2.45, 2.75) is 111 Å². The number of hydrogen-bond acceptors (Lipinski definition) is 3. The van der Waals surface area contributed by atoms with E-state index in [1.165, 1.54) is 6.42 Å². The van der Waals surface area contributed by atoms with Crippen LogP contribution in [-0.2, 0) is 14.0 Å². The van der Waals surface area contributed by atoms with Crippen LogP contribution in [-0.4, -0.2) is 31.3 Å². The number of fused-ring (bicyclic) bond motifs is 3. The van der Waals surface area contributed by atoms with Gasteiger partial charge in [-0.1, -0.05) is 41.5 Å². The van der Waals surface area contributed by atoms with Gasteiger partial charge >= 0.3 is 5.97 Å². The van der Waals surface area contributed by atoms with Gasteiger partial charge in [0, 0.05) is 18.3 Å². The van der Waals surface area contributed by atoms with Crippen molar-refractivity contribution in [3.63, 3.8) is 0 Å². The van der Waals surface area contributed by atoms with Crippen LogP contribution in [0.4, 0.5) is 0 Å². The van der Waals surface area contributed by atoms with E-state index in [0.29, 0.717) is 48.4 Å². The number of carbonyl (C=O) groups is 2. The van der Waals surface area contributed by atoms with E-state index in [1.54, 1.807) is 0 Å². The van der Waals surface area contributed by atoms with Gasteiger partial charge in [-0.2, -0.15) is 0 Å². The number of aliphatic carboxylic acids is 1. The number of ketones is 1. The molecular weight excluding hydrogens is 392 g/mol. The highest BCUT2D eigenvalue weighted by Gasteiger charge is 2.62. The molecule has 1 N–H and O–H groups in total. The Morgan fingerprint density at radius 1 is 1.17 bits per heavy atom. The lowest BCUT2D eigenvalue weighted by molar-refractivity contribution is -0.155. The first-order valence-electron chi connectivity index (χ1n) is 12.1. The van der Waals surface area contributed by atoms with Gasteiger partial charge in [-0.25, -0.2) is 0 Å². The summed E-state index contributed by atoms with van der Waals surface area (Å²) in [4.78, 5) is 24.4. The zero-order valence-electron chi connectivity index (χ0n) is 20.5. The molecule has 0 radical (unpaired) electrons. The minimum Gasteiger partial charge on any atom is -0.481 e. The van der Waals surface area contributed by atoms with Gasteiger partial charge in [-0.3, -0.25) is 9.59 Å². The van der Waals surface area contributed by atoms with E-state index < -0.39 is 19.7 Å². The normalized spacial score (nSPS) is 42.0. The second kappa shape index (κ2) is 7.72. The number of rotatable bonds is 5. The van der Waals surface area contributed by atoms with Gasteiger partial charge in [-0.05, 0) is 79.3 Å². The summed E-state index contributed by atoms with van der Waals surface area (Å²) in [6, 6.07) is 0. The predicted octanol–water partition coefficient (Wildman–Crippen LogP) is 6.30. The summed E-state index contributed by atoms with van der Waals surface area (Å²) >= 11 is 0. The highest BCUT2D eigenvalue weighted by Crippen LogP contribution is 2.65. The van der Waals surface area contributed by atoms with Crippen LogP contribution >= 0.6 is 0 Å². The van der Waals surface area contributed by atoms with Crippen LogP contribution in [0.15, 0.2) is 0 Å². The van der Waals surface area contributed by atoms with Gasteiger partial charge in [0.1, 0.15) is 5.78 Å². The Kier molecular flexibility index (Phi) is 6.17. The zero-order chi connectivity index (χ0) is 22.7. The monoisotopic (exact) mass is 436 g/mol. The first-order chi connectivity index (χ1) is 13.6. The highest BCUT2D eigenvalue weighted by atomic mass is 28.4. The molecule has 30 heavy (non-hydrogen) atoms. The Morgan fingerprint density at radius 2 is 1.80 bits per heavy atom. The van der Waals surface area contributed by atoms with Crippen molar-refractivity contribution in [2.24, 2.45) is 34.5 Å². The maximum absolute atomic E-state index is 13.1. The molecule has 7 atom stereocenters. The van der Waals surface area contributed by atoms with Gasteiger partial charge in [0.2, 0.25) is 0 Å². The standard InChI is InChI=1S/C25H44O4Si/c1-16-15-19(26)24(5,14-12-21(27)28)18-11-13-25(6)17(22(16)18)9-10-20(25)29-30(7,8)23(2,3)4/h16-18,20,22H,9-15H2,1-8H3,(H,27,28)/t16-,17-,18-,20-,22-,24+,25-/m0/s1. The average molecular weight is 437 g/mol. The molecule has 0 spiro atoms. The Hall–Kier alpha value is -0.683. The van der Waals surface area contributed by atoms with E-state index in [9.17, 15) is 14.7 Å². The number of Topliss-reactive ketones (excluding diaryl/α,β-unsaturated/α-hetero) is 1. The fourth-order valence-corrected chi connectivity index (χ4v) is 8.42. The molecule has 3 aliphatic rings. The summed E-state index contributed by atoms with van der Waals surface area (Å²) in [5, 5.41) is 9.48. The van der Waals surface area contributed by atoms with Crippen LogP contribution in [0.3, 0.4) is 0 Å². The van der Waals surface area contributed by atoms with Crippen molar-refractivity contribution < 1.29 is 19.1 Å². The third kappa shape index (κ3) is 3.83. The topological polar surface area (TPSA) is 63.6 Å². The van der Waals surface area contributed by atoms with E-state index in [4.69, 9.17) is 4.43 Å². The van der Waals surface area contributed by atoms with Crippen molar-refractivity contribution in [1.29, 1.82) is 0 Å². The van der Waals surface area contributed by atoms with E-state index >= 15 is 0 Å². The maximum Gasteiger partial charge on any atom is 0.303 e. The molecule has 0 amide bonds. The van der Waals surface area contributed by atoms with Crippen LogP contribution in [0, 0.1) is 34.5 Å². The van der Waals surface area contributed by atoms with E-state index in [1.807, 2.05) is 0 Å². The quantitative estimate of drug-likeness (QED) is 0.514. The van der Waals surface area contributed by atoms with Crippen molar-refractivity contribution >= 4 is 20.1 Å². The zero-order valence-corrected chi connectivity index (χ0v) is 21.5. The molecule has 3 saturated carbocycles. The van der Waals surface area contributed by atoms with Crippen LogP contribution in [0.2, 0.25) is 18.1 Å². The van der Waals surface area contributed by atoms with Gasteiger partial charge in [-0.15, -0.1) is 0 Å². The van der Waals surface area contributed by atoms with Crippen molar-refractivity contribution in [3.05, 3.63) is 0 Å². The third-order valence-electron chi connectivity index (χ3n) is 9.97. The average Bonchev–Trinajstić information content (AvgIpc) is 2.92. The molecule has 0 saturated heterocycles. The minimum absolute atomic E-state index is 0.0961. The van der Waals surface area contributed by atoms with Crippen molar-refractivity contribution in [2.75, 3.05) is 0 Å². The molecule has 0 aromatic heterocycles. The fraction of sp³-hybridized carbons (Fsp3) is 0.920. The summed E-state index contributed by atoms with van der Waals surface area (Å²) in [5.74, 6) is 1.30. The summed E-state index contributed by atoms with van der Waals surface area (Å²) in [6.45, 7) is 18.5. The molecule has 0 bridgehead atoms. The van der Waals surface area contributed by atoms with E-state index in [0.717, 1.165) is 19.3 Å². The van der Waals surface area contributed by atoms with E-state index in [-0.39, 0.29) is 16.9 Å². The van der Waals surface area contributed by atoms with Gasteiger partial charge < -0.3 is 9.53 Å². The molecule has 0 heterocycles. The van der Waals surface area contributed by atoms with Gasteiger partial charge in [0.25, 0.3) is 0 Å². The third-order valence-corrected chi connectivity index (χ3v) is 14.5. The number of hydrogen-bond donors (Lipinski definition) is 1. The molecule has 4 nitrogen and oxygen atoms in total. The smallest absolute Gasteiger partial charge is 0.303 e. The van der Waals surface area contributed by atoms with Crippen LogP contribution in [0.5, 0.6) is 0 Å². The molecule has 0 aromatic rings. The molecule has 3 rings (SSSR count). The minimum atomic E-state index is -1.84. The van der Waals surface area contributed by atoms with Crippen molar-refractivity contribution in [3.8, 4) is 0 Å². The Balaban J connectivity index is 1.87. The first-order valence-corrected chi connectivity index (χ1v) is 15.0. The molecular formula is C25H44O4Si. The SMILES string of the molecule is C[C@H]1CC(=O)[C@](C)(CCC(=O)O)[C@H]2CC[C@]3(C)[C@@H](O[Si](C)(C)C(C)(C)C)CC[C@H]3[C@H]12. The van der Waals surface area contributed by atoms with Crippen LogP contribution < -0.4 is 0 Å². The Bertz CT molecular complexity index is 696. The molecule has 5 heteroatoms. The van der Waals surface area contributed by atoms with Gasteiger partial charge in [0.05, 0.1) is 6.10 Å². The second-order valence-electron chi connectivity index (χ2n) is 12.7. The highest BCUT2D eigenvalue weighted by molar-refractivity contribution is 6.74. The number of carboxylic acids is 1. The number of carbonyl (C=O) groups excluding carboxylic acids is 1. The number of carboxylic acid groups (broad SMARTS) is 1. The molecule has 3 aliphatic carbocycles. The Labute approximate surface area is 184 Å². The van der Waals surface area contributed by atoms with Crippen LogP contribution in [0.1, 0.15) is 86.5 Å². The predicted molar refractivity (Wildman–Crippen MR) is 123 cm³/mol. The second-order valence-corrected chi connectivity index (χ2v) is 17.5. The maximum atomic E-state index is 13.1. The molecule has 3 fully saturated rings.